The molecule has 0 aliphatic carbocycles. The van der Waals surface area contributed by atoms with Crippen molar-refractivity contribution in [3.05, 3.63) is 53.9 Å². The number of carbonyl (C=O) groups excluding carboxylic acids is 1. The topological polar surface area (TPSA) is 75.7 Å². The number of hydrazine groups is 1. The van der Waals surface area contributed by atoms with E-state index in [1.807, 2.05) is 23.4 Å². The van der Waals surface area contributed by atoms with Crippen LogP contribution in [0, 0.1) is 0 Å². The van der Waals surface area contributed by atoms with E-state index in [1.54, 1.807) is 26.4 Å². The molecule has 0 radical (unpaired) electrons. The van der Waals surface area contributed by atoms with E-state index in [1.165, 1.54) is 5.56 Å². The van der Waals surface area contributed by atoms with Crippen LogP contribution >= 0.6 is 0 Å². The predicted molar refractivity (Wildman–Crippen MR) is 110 cm³/mol. The molecule has 1 aromatic heterocycles. The predicted octanol–water partition coefficient (Wildman–Crippen LogP) is 2.35. The summed E-state index contributed by atoms with van der Waals surface area (Å²) in [5, 5.41) is 0. The maximum Gasteiger partial charge on any atom is 0.257 e. The van der Waals surface area contributed by atoms with E-state index in [-0.39, 0.29) is 23.9 Å². The van der Waals surface area contributed by atoms with Gasteiger partial charge in [0.25, 0.3) is 5.91 Å². The Morgan fingerprint density at radius 1 is 1.14 bits per heavy atom. The van der Waals surface area contributed by atoms with Crippen molar-refractivity contribution >= 4 is 5.91 Å². The minimum atomic E-state index is 0.0105. The average Bonchev–Trinajstić information content (AvgIpc) is 3.28. The van der Waals surface area contributed by atoms with Crippen LogP contribution in [0.4, 0.5) is 0 Å². The minimum absolute atomic E-state index is 0.0105. The molecule has 2 N–H and O–H groups in total. The molecule has 7 heteroatoms. The zero-order valence-corrected chi connectivity index (χ0v) is 16.9. The SMILES string of the molecule is COc1ccc(C(=O)N2CCCCC2C2NNCC2c2ccncc2)c(OC)c1. The second kappa shape index (κ2) is 8.80. The maximum absolute atomic E-state index is 13.5. The van der Waals surface area contributed by atoms with Crippen LogP contribution in [-0.2, 0) is 0 Å². The number of likely N-dealkylation sites (tertiary alicyclic amines) is 1. The molecule has 2 aliphatic rings. The van der Waals surface area contributed by atoms with E-state index in [0.29, 0.717) is 17.1 Å². The van der Waals surface area contributed by atoms with Crippen LogP contribution in [0.2, 0.25) is 0 Å². The molecule has 0 bridgehead atoms. The van der Waals surface area contributed by atoms with Crippen molar-refractivity contribution in [1.82, 2.24) is 20.7 Å². The Kier molecular flexibility index (Phi) is 5.97. The fourth-order valence-electron chi connectivity index (χ4n) is 4.53. The van der Waals surface area contributed by atoms with Crippen LogP contribution in [0.3, 0.4) is 0 Å². The third-order valence-corrected chi connectivity index (χ3v) is 6.02. The number of hydrogen-bond donors (Lipinski definition) is 2. The Labute approximate surface area is 171 Å². The van der Waals surface area contributed by atoms with Crippen LogP contribution in [0.5, 0.6) is 11.5 Å². The molecule has 2 aromatic rings. The lowest BCUT2D eigenvalue weighted by molar-refractivity contribution is 0.0547. The molecule has 2 aliphatic heterocycles. The highest BCUT2D eigenvalue weighted by molar-refractivity contribution is 5.97. The van der Waals surface area contributed by atoms with E-state index in [2.05, 4.69) is 28.0 Å². The van der Waals surface area contributed by atoms with E-state index >= 15 is 0 Å². The maximum atomic E-state index is 13.5. The van der Waals surface area contributed by atoms with Crippen LogP contribution in [0.1, 0.15) is 41.1 Å². The number of benzene rings is 1. The Morgan fingerprint density at radius 3 is 2.72 bits per heavy atom. The molecular weight excluding hydrogens is 368 g/mol. The Balaban J connectivity index is 1.62. The Morgan fingerprint density at radius 2 is 1.97 bits per heavy atom. The summed E-state index contributed by atoms with van der Waals surface area (Å²) in [5.41, 5.74) is 8.56. The van der Waals surface area contributed by atoms with Gasteiger partial charge in [-0.1, -0.05) is 0 Å². The summed E-state index contributed by atoms with van der Waals surface area (Å²) in [6, 6.07) is 9.75. The van der Waals surface area contributed by atoms with Crippen LogP contribution in [-0.4, -0.2) is 55.2 Å². The fourth-order valence-corrected chi connectivity index (χ4v) is 4.53. The lowest BCUT2D eigenvalue weighted by Gasteiger charge is -2.41. The number of pyridine rings is 1. The molecule has 3 unspecified atom stereocenters. The van der Waals surface area contributed by atoms with Gasteiger partial charge in [0.1, 0.15) is 11.5 Å². The summed E-state index contributed by atoms with van der Waals surface area (Å²) in [7, 11) is 3.19. The van der Waals surface area contributed by atoms with Gasteiger partial charge in [0.05, 0.1) is 19.8 Å². The molecule has 2 fully saturated rings. The van der Waals surface area contributed by atoms with Gasteiger partial charge in [-0.3, -0.25) is 20.6 Å². The normalized spacial score (nSPS) is 24.3. The number of hydrogen-bond acceptors (Lipinski definition) is 6. The van der Waals surface area contributed by atoms with E-state index in [9.17, 15) is 4.79 Å². The summed E-state index contributed by atoms with van der Waals surface area (Å²) in [6.45, 7) is 1.58. The molecule has 7 nitrogen and oxygen atoms in total. The lowest BCUT2D eigenvalue weighted by atomic mass is 9.84. The smallest absolute Gasteiger partial charge is 0.257 e. The molecular formula is C22H28N4O3. The zero-order chi connectivity index (χ0) is 20.2. The van der Waals surface area contributed by atoms with Crippen LogP contribution in [0.25, 0.3) is 0 Å². The summed E-state index contributed by atoms with van der Waals surface area (Å²) < 4.78 is 10.8. The summed E-state index contributed by atoms with van der Waals surface area (Å²) in [6.07, 6.45) is 6.77. The monoisotopic (exact) mass is 396 g/mol. The Hall–Kier alpha value is -2.64. The van der Waals surface area contributed by atoms with Crippen molar-refractivity contribution in [3.8, 4) is 11.5 Å². The van der Waals surface area contributed by atoms with E-state index < -0.39 is 0 Å². The number of piperidine rings is 1. The van der Waals surface area contributed by atoms with Crippen molar-refractivity contribution < 1.29 is 14.3 Å². The van der Waals surface area contributed by atoms with Gasteiger partial charge in [-0.25, -0.2) is 0 Å². The van der Waals surface area contributed by atoms with Gasteiger partial charge in [0, 0.05) is 49.6 Å². The summed E-state index contributed by atoms with van der Waals surface area (Å²) in [4.78, 5) is 19.7. The number of nitrogens with zero attached hydrogens (tertiary/aromatic N) is 2. The fraction of sp³-hybridized carbons (Fsp3) is 0.455. The molecule has 3 heterocycles. The lowest BCUT2D eigenvalue weighted by Crippen LogP contribution is -2.55. The van der Waals surface area contributed by atoms with Gasteiger partial charge in [-0.05, 0) is 49.1 Å². The first-order chi connectivity index (χ1) is 14.2. The van der Waals surface area contributed by atoms with E-state index in [0.717, 1.165) is 32.4 Å². The minimum Gasteiger partial charge on any atom is -0.497 e. The molecule has 29 heavy (non-hydrogen) atoms. The Bertz CT molecular complexity index is 845. The number of amides is 1. The molecule has 1 amide bonds. The number of nitrogens with one attached hydrogen (secondary N) is 2. The standard InChI is InChI=1S/C22H28N4O3/c1-28-16-6-7-17(20(13-16)29-2)22(27)26-12-4-3-5-19(26)21-18(14-24-25-21)15-8-10-23-11-9-15/h6-11,13,18-19,21,24-25H,3-5,12,14H2,1-2H3. The second-order valence-corrected chi connectivity index (χ2v) is 7.57. The molecule has 3 atom stereocenters. The highest BCUT2D eigenvalue weighted by Gasteiger charge is 2.40. The average molecular weight is 396 g/mol. The molecule has 0 saturated carbocycles. The first-order valence-electron chi connectivity index (χ1n) is 10.1. The molecule has 2 saturated heterocycles. The number of methoxy groups -OCH3 is 2. The van der Waals surface area contributed by atoms with Crippen molar-refractivity contribution in [2.24, 2.45) is 0 Å². The van der Waals surface area contributed by atoms with Crippen molar-refractivity contribution in [2.45, 2.75) is 37.3 Å². The van der Waals surface area contributed by atoms with Crippen LogP contribution in [0.15, 0.2) is 42.7 Å². The van der Waals surface area contributed by atoms with Gasteiger partial charge in [-0.15, -0.1) is 0 Å². The highest BCUT2D eigenvalue weighted by Crippen LogP contribution is 2.33. The molecule has 154 valence electrons. The third kappa shape index (κ3) is 3.93. The van der Waals surface area contributed by atoms with Crippen LogP contribution < -0.4 is 20.3 Å². The number of carbonyl (C=O) groups is 1. The first kappa shape index (κ1) is 19.7. The number of ether oxygens (including phenoxy) is 2. The van der Waals surface area contributed by atoms with Crippen molar-refractivity contribution in [3.63, 3.8) is 0 Å². The number of aromatic nitrogens is 1. The van der Waals surface area contributed by atoms with Gasteiger partial charge >= 0.3 is 0 Å². The number of rotatable bonds is 5. The third-order valence-electron chi connectivity index (χ3n) is 6.02. The van der Waals surface area contributed by atoms with Gasteiger partial charge in [0.15, 0.2) is 0 Å². The second-order valence-electron chi connectivity index (χ2n) is 7.57. The quantitative estimate of drug-likeness (QED) is 0.808. The van der Waals surface area contributed by atoms with Gasteiger partial charge in [0.2, 0.25) is 0 Å². The zero-order valence-electron chi connectivity index (χ0n) is 16.9. The van der Waals surface area contributed by atoms with Gasteiger partial charge in [-0.2, -0.15) is 0 Å². The summed E-state index contributed by atoms with van der Waals surface area (Å²) in [5.74, 6) is 1.51. The van der Waals surface area contributed by atoms with Crippen molar-refractivity contribution in [2.75, 3.05) is 27.3 Å². The van der Waals surface area contributed by atoms with Crippen molar-refractivity contribution in [1.29, 1.82) is 0 Å². The molecule has 1 aromatic carbocycles. The van der Waals surface area contributed by atoms with Gasteiger partial charge < -0.3 is 14.4 Å². The molecule has 4 rings (SSSR count). The van der Waals surface area contributed by atoms with E-state index in [4.69, 9.17) is 9.47 Å². The summed E-state index contributed by atoms with van der Waals surface area (Å²) >= 11 is 0. The highest BCUT2D eigenvalue weighted by atomic mass is 16.5. The molecule has 0 spiro atoms. The largest absolute Gasteiger partial charge is 0.497 e. The first-order valence-corrected chi connectivity index (χ1v) is 10.1.